The molecular formula is C27H26BrN3O6. The van der Waals surface area contributed by atoms with Crippen molar-refractivity contribution in [3.8, 4) is 17.2 Å². The van der Waals surface area contributed by atoms with E-state index < -0.39 is 17.7 Å². The number of Topliss-reactive ketones (excluding diaryl/α,β-unsaturated/α-hetero) is 1. The van der Waals surface area contributed by atoms with Crippen LogP contribution >= 0.6 is 15.9 Å². The number of ether oxygens (including phenoxy) is 2. The van der Waals surface area contributed by atoms with E-state index in [1.807, 2.05) is 17.7 Å². The van der Waals surface area contributed by atoms with Gasteiger partial charge >= 0.3 is 0 Å². The summed E-state index contributed by atoms with van der Waals surface area (Å²) in [5.74, 6) is -0.899. The number of aromatic hydroxyl groups is 1. The maximum atomic E-state index is 13.4. The van der Waals surface area contributed by atoms with Gasteiger partial charge in [-0.1, -0.05) is 0 Å². The quantitative estimate of drug-likeness (QED) is 0.250. The average molecular weight is 568 g/mol. The van der Waals surface area contributed by atoms with Crippen LogP contribution in [0.25, 0.3) is 5.76 Å². The largest absolute Gasteiger partial charge is 0.507 e. The molecule has 0 radical (unpaired) electrons. The van der Waals surface area contributed by atoms with Gasteiger partial charge in [0, 0.05) is 37.5 Å². The zero-order valence-corrected chi connectivity index (χ0v) is 21.9. The second-order valence-corrected chi connectivity index (χ2v) is 10.0. The zero-order chi connectivity index (χ0) is 26.3. The van der Waals surface area contributed by atoms with Crippen molar-refractivity contribution in [2.24, 2.45) is 0 Å². The van der Waals surface area contributed by atoms with Crippen LogP contribution in [0.5, 0.6) is 17.2 Å². The maximum Gasteiger partial charge on any atom is 0.295 e. The Morgan fingerprint density at radius 1 is 1.24 bits per heavy atom. The summed E-state index contributed by atoms with van der Waals surface area (Å²) < 4.78 is 13.3. The number of amides is 1. The standard InChI is InChI=1S/C27H26BrN3O6/c1-15-10-17-11-16(4-5-20(17)37-15)24(32)22-23(18-12-19(28)25(33)21(13-18)36-2)31(27(35)26(22)34)8-3-7-30-9-6-29-14-30/h4-6,9,11-15,23,32-33H,3,7-8,10H2,1-2H3/b24-22+/t15-,23+/m0/s1. The summed E-state index contributed by atoms with van der Waals surface area (Å²) in [7, 11) is 1.42. The molecule has 5 rings (SSSR count). The number of aliphatic hydroxyl groups is 1. The van der Waals surface area contributed by atoms with Crippen LogP contribution in [0, 0.1) is 0 Å². The number of aryl methyl sites for hydroxylation is 1. The van der Waals surface area contributed by atoms with Crippen LogP contribution in [-0.4, -0.2) is 56.1 Å². The van der Waals surface area contributed by atoms with E-state index in [1.165, 1.54) is 12.0 Å². The van der Waals surface area contributed by atoms with Crippen molar-refractivity contribution in [3.63, 3.8) is 0 Å². The van der Waals surface area contributed by atoms with Crippen molar-refractivity contribution in [3.05, 3.63) is 75.8 Å². The van der Waals surface area contributed by atoms with Crippen molar-refractivity contribution < 1.29 is 29.3 Å². The first kappa shape index (κ1) is 24.9. The maximum absolute atomic E-state index is 13.4. The summed E-state index contributed by atoms with van der Waals surface area (Å²) in [6.45, 7) is 2.83. The third kappa shape index (κ3) is 4.57. The normalized spacial score (nSPS) is 20.2. The molecule has 2 aliphatic rings. The lowest BCUT2D eigenvalue weighted by molar-refractivity contribution is -0.139. The molecule has 1 aromatic heterocycles. The van der Waals surface area contributed by atoms with E-state index in [9.17, 15) is 19.8 Å². The number of benzene rings is 2. The summed E-state index contributed by atoms with van der Waals surface area (Å²) >= 11 is 3.33. The Morgan fingerprint density at radius 2 is 2.05 bits per heavy atom. The van der Waals surface area contributed by atoms with Gasteiger partial charge in [0.1, 0.15) is 17.6 Å². The second kappa shape index (κ2) is 9.93. The Morgan fingerprint density at radius 3 is 2.78 bits per heavy atom. The number of likely N-dealkylation sites (tertiary alicyclic amines) is 1. The Balaban J connectivity index is 1.59. The molecule has 0 spiro atoms. The topological polar surface area (TPSA) is 114 Å². The minimum atomic E-state index is -0.878. The minimum Gasteiger partial charge on any atom is -0.507 e. The van der Waals surface area contributed by atoms with E-state index in [0.29, 0.717) is 35.0 Å². The summed E-state index contributed by atoms with van der Waals surface area (Å²) in [5, 5.41) is 21.8. The number of hydrogen-bond donors (Lipinski definition) is 2. The van der Waals surface area contributed by atoms with E-state index in [2.05, 4.69) is 20.9 Å². The Bertz CT molecular complexity index is 1400. The van der Waals surface area contributed by atoms with E-state index in [0.717, 1.165) is 11.3 Å². The molecule has 3 aromatic rings. The van der Waals surface area contributed by atoms with Crippen LogP contribution in [0.1, 0.15) is 36.1 Å². The first-order chi connectivity index (χ1) is 17.8. The molecule has 192 valence electrons. The monoisotopic (exact) mass is 567 g/mol. The number of rotatable bonds is 7. The molecular weight excluding hydrogens is 542 g/mol. The molecule has 1 saturated heterocycles. The van der Waals surface area contributed by atoms with Gasteiger partial charge in [0.15, 0.2) is 11.5 Å². The number of carbonyl (C=O) groups is 2. The predicted molar refractivity (Wildman–Crippen MR) is 138 cm³/mol. The van der Waals surface area contributed by atoms with Crippen LogP contribution in [0.4, 0.5) is 0 Å². The van der Waals surface area contributed by atoms with Gasteiger partial charge in [0.25, 0.3) is 11.7 Å². The van der Waals surface area contributed by atoms with E-state index in [4.69, 9.17) is 9.47 Å². The highest BCUT2D eigenvalue weighted by Gasteiger charge is 2.46. The number of aliphatic hydroxyl groups excluding tert-OH is 1. The van der Waals surface area contributed by atoms with Crippen molar-refractivity contribution in [1.82, 2.24) is 14.5 Å². The fourth-order valence-electron chi connectivity index (χ4n) is 4.93. The van der Waals surface area contributed by atoms with Crippen molar-refractivity contribution in [1.29, 1.82) is 0 Å². The number of halogens is 1. The van der Waals surface area contributed by atoms with Crippen molar-refractivity contribution >= 4 is 33.4 Å². The van der Waals surface area contributed by atoms with Gasteiger partial charge in [-0.3, -0.25) is 9.59 Å². The SMILES string of the molecule is COc1cc([C@@H]2/C(=C(\O)c3ccc4c(c3)C[C@H](C)O4)C(=O)C(=O)N2CCCn2ccnc2)cc(Br)c1O. The molecule has 0 bridgehead atoms. The predicted octanol–water partition coefficient (Wildman–Crippen LogP) is 4.20. The third-order valence-corrected chi connectivity index (χ3v) is 7.27. The lowest BCUT2D eigenvalue weighted by Crippen LogP contribution is -2.31. The summed E-state index contributed by atoms with van der Waals surface area (Å²) in [6.07, 6.45) is 6.46. The third-order valence-electron chi connectivity index (χ3n) is 6.67. The summed E-state index contributed by atoms with van der Waals surface area (Å²) in [4.78, 5) is 32.1. The fourth-order valence-corrected chi connectivity index (χ4v) is 5.39. The average Bonchev–Trinajstić information content (AvgIpc) is 3.59. The Hall–Kier alpha value is -3.79. The van der Waals surface area contributed by atoms with Crippen molar-refractivity contribution in [2.45, 2.75) is 38.5 Å². The molecule has 2 atom stereocenters. The number of methoxy groups -OCH3 is 1. The molecule has 9 nitrogen and oxygen atoms in total. The molecule has 2 N–H and O–H groups in total. The van der Waals surface area contributed by atoms with Crippen molar-refractivity contribution in [2.75, 3.05) is 13.7 Å². The first-order valence-electron chi connectivity index (χ1n) is 11.9. The zero-order valence-electron chi connectivity index (χ0n) is 20.3. The Labute approximate surface area is 222 Å². The van der Waals surface area contributed by atoms with Gasteiger partial charge in [-0.15, -0.1) is 0 Å². The van der Waals surface area contributed by atoms with Gasteiger partial charge in [-0.2, -0.15) is 0 Å². The smallest absolute Gasteiger partial charge is 0.295 e. The highest BCUT2D eigenvalue weighted by molar-refractivity contribution is 9.10. The van der Waals surface area contributed by atoms with Gasteiger partial charge in [-0.05, 0) is 70.7 Å². The van der Waals surface area contributed by atoms with Crippen LogP contribution < -0.4 is 9.47 Å². The highest BCUT2D eigenvalue weighted by Crippen LogP contribution is 2.44. The van der Waals surface area contributed by atoms with E-state index in [1.54, 1.807) is 42.9 Å². The summed E-state index contributed by atoms with van der Waals surface area (Å²) in [6, 6.07) is 7.57. The van der Waals surface area contributed by atoms with Crippen LogP contribution in [0.15, 0.2) is 59.1 Å². The highest BCUT2D eigenvalue weighted by atomic mass is 79.9. The second-order valence-electron chi connectivity index (χ2n) is 9.16. The number of phenols is 1. The van der Waals surface area contributed by atoms with Crippen LogP contribution in [0.2, 0.25) is 0 Å². The lowest BCUT2D eigenvalue weighted by atomic mass is 9.94. The van der Waals surface area contributed by atoms with Crippen LogP contribution in [0.3, 0.4) is 0 Å². The molecule has 0 aliphatic carbocycles. The van der Waals surface area contributed by atoms with Crippen LogP contribution in [-0.2, 0) is 22.6 Å². The molecule has 2 aromatic carbocycles. The van der Waals surface area contributed by atoms with E-state index >= 15 is 0 Å². The number of nitrogens with zero attached hydrogens (tertiary/aromatic N) is 3. The molecule has 0 saturated carbocycles. The fraction of sp³-hybridized carbons (Fsp3) is 0.296. The van der Waals surface area contributed by atoms with Gasteiger partial charge in [0.05, 0.1) is 29.5 Å². The minimum absolute atomic E-state index is 0.0146. The lowest BCUT2D eigenvalue weighted by Gasteiger charge is -2.26. The number of imidazole rings is 1. The molecule has 37 heavy (non-hydrogen) atoms. The van der Waals surface area contributed by atoms with E-state index in [-0.39, 0.29) is 35.5 Å². The molecule has 0 unspecified atom stereocenters. The first-order valence-corrected chi connectivity index (χ1v) is 12.7. The number of ketones is 1. The Kier molecular flexibility index (Phi) is 6.68. The number of carbonyl (C=O) groups excluding carboxylic acids is 2. The number of aromatic nitrogens is 2. The summed E-state index contributed by atoms with van der Waals surface area (Å²) in [5.41, 5.74) is 1.86. The molecule has 10 heteroatoms. The molecule has 1 amide bonds. The van der Waals surface area contributed by atoms with Gasteiger partial charge in [-0.25, -0.2) is 4.98 Å². The number of phenolic OH excluding ortho intramolecular Hbond substituents is 1. The molecule has 3 heterocycles. The molecule has 2 aliphatic heterocycles. The molecule has 1 fully saturated rings. The van der Waals surface area contributed by atoms with Gasteiger partial charge in [0.2, 0.25) is 0 Å². The van der Waals surface area contributed by atoms with Gasteiger partial charge < -0.3 is 29.2 Å². The number of fused-ring (bicyclic) bond motifs is 1. The number of hydrogen-bond acceptors (Lipinski definition) is 7.